The monoisotopic (exact) mass is 158 g/mol. The van der Waals surface area contributed by atoms with E-state index in [4.69, 9.17) is 0 Å². The second kappa shape index (κ2) is 2.21. The van der Waals surface area contributed by atoms with E-state index in [1.807, 2.05) is 0 Å². The van der Waals surface area contributed by atoms with Crippen LogP contribution in [0, 0.1) is 0 Å². The zero-order valence-corrected chi connectivity index (χ0v) is 5.42. The SMILES string of the molecule is CC(C)(F)C(F)(F)C(=O)F. The molecule has 0 aliphatic rings. The molecule has 0 fully saturated rings. The topological polar surface area (TPSA) is 17.1 Å². The summed E-state index contributed by atoms with van der Waals surface area (Å²) in [7, 11) is 0. The lowest BCUT2D eigenvalue weighted by Crippen LogP contribution is -2.44. The molecule has 0 saturated carbocycles. The maximum Gasteiger partial charge on any atom is 0.373 e. The van der Waals surface area contributed by atoms with Gasteiger partial charge < -0.3 is 0 Å². The standard InChI is InChI=1S/C5H6F4O/c1-4(2,7)5(8,9)3(6)10/h1-2H3. The summed E-state index contributed by atoms with van der Waals surface area (Å²) in [6.45, 7) is 0.870. The van der Waals surface area contributed by atoms with Crippen LogP contribution >= 0.6 is 0 Å². The second-order valence-corrected chi connectivity index (χ2v) is 2.32. The van der Waals surface area contributed by atoms with Gasteiger partial charge in [-0.1, -0.05) is 0 Å². The van der Waals surface area contributed by atoms with Crippen LogP contribution in [0.2, 0.25) is 0 Å². The number of halogens is 4. The third-order valence-corrected chi connectivity index (χ3v) is 0.993. The Morgan fingerprint density at radius 1 is 1.20 bits per heavy atom. The Bertz CT molecular complexity index is 146. The largest absolute Gasteiger partial charge is 0.373 e. The number of carbonyl (C=O) groups is 1. The van der Waals surface area contributed by atoms with Crippen LogP contribution < -0.4 is 0 Å². The molecule has 60 valence electrons. The lowest BCUT2D eigenvalue weighted by molar-refractivity contribution is -0.177. The van der Waals surface area contributed by atoms with Crippen molar-refractivity contribution in [2.45, 2.75) is 25.4 Å². The number of alkyl halides is 3. The molecule has 0 aromatic carbocycles. The van der Waals surface area contributed by atoms with Crippen molar-refractivity contribution in [2.24, 2.45) is 0 Å². The van der Waals surface area contributed by atoms with Crippen LogP contribution in [0.15, 0.2) is 0 Å². The molecule has 0 aliphatic carbocycles. The van der Waals surface area contributed by atoms with Crippen molar-refractivity contribution in [1.82, 2.24) is 0 Å². The Kier molecular flexibility index (Phi) is 2.08. The lowest BCUT2D eigenvalue weighted by atomic mass is 10.0. The van der Waals surface area contributed by atoms with Crippen molar-refractivity contribution < 1.29 is 22.4 Å². The van der Waals surface area contributed by atoms with E-state index in [1.165, 1.54) is 0 Å². The minimum Gasteiger partial charge on any atom is -0.254 e. The van der Waals surface area contributed by atoms with Gasteiger partial charge in [-0.3, -0.25) is 4.79 Å². The van der Waals surface area contributed by atoms with Gasteiger partial charge in [-0.25, -0.2) is 4.39 Å². The van der Waals surface area contributed by atoms with E-state index >= 15 is 0 Å². The highest BCUT2D eigenvalue weighted by molar-refractivity contribution is 5.77. The number of rotatable bonds is 2. The van der Waals surface area contributed by atoms with Crippen molar-refractivity contribution in [3.63, 3.8) is 0 Å². The Morgan fingerprint density at radius 3 is 1.50 bits per heavy atom. The van der Waals surface area contributed by atoms with Crippen LogP contribution in [0.25, 0.3) is 0 Å². The molecule has 5 heteroatoms. The fourth-order valence-corrected chi connectivity index (χ4v) is 0.234. The van der Waals surface area contributed by atoms with Gasteiger partial charge in [0.15, 0.2) is 5.67 Å². The number of hydrogen-bond acceptors (Lipinski definition) is 1. The maximum atomic E-state index is 12.2. The van der Waals surface area contributed by atoms with Gasteiger partial charge in [-0.15, -0.1) is 0 Å². The molecule has 0 heterocycles. The molecule has 0 aromatic rings. The van der Waals surface area contributed by atoms with E-state index in [9.17, 15) is 22.4 Å². The lowest BCUT2D eigenvalue weighted by Gasteiger charge is -2.21. The zero-order chi connectivity index (χ0) is 8.58. The molecule has 1 nitrogen and oxygen atoms in total. The third kappa shape index (κ3) is 1.46. The predicted molar refractivity (Wildman–Crippen MR) is 26.2 cm³/mol. The van der Waals surface area contributed by atoms with Crippen LogP contribution in [0.4, 0.5) is 17.6 Å². The second-order valence-electron chi connectivity index (χ2n) is 2.32. The molecule has 0 N–H and O–H groups in total. The molecule has 0 atom stereocenters. The Labute approximate surface area is 55.0 Å². The summed E-state index contributed by atoms with van der Waals surface area (Å²) in [5.41, 5.74) is -3.14. The minimum absolute atomic E-state index is 0.435. The van der Waals surface area contributed by atoms with Gasteiger partial charge in [0.2, 0.25) is 0 Å². The summed E-state index contributed by atoms with van der Waals surface area (Å²) in [6.07, 6.45) is 0. The molecule has 0 rings (SSSR count). The van der Waals surface area contributed by atoms with Crippen molar-refractivity contribution >= 4 is 6.04 Å². The van der Waals surface area contributed by atoms with E-state index < -0.39 is 17.6 Å². The predicted octanol–water partition coefficient (Wildman–Crippen LogP) is 1.87. The van der Waals surface area contributed by atoms with Gasteiger partial charge in [0.25, 0.3) is 0 Å². The highest BCUT2D eigenvalue weighted by atomic mass is 19.3. The van der Waals surface area contributed by atoms with Gasteiger partial charge in [0.05, 0.1) is 0 Å². The van der Waals surface area contributed by atoms with Crippen molar-refractivity contribution in [2.75, 3.05) is 0 Å². The van der Waals surface area contributed by atoms with E-state index in [0.717, 1.165) is 0 Å². The highest BCUT2D eigenvalue weighted by Gasteiger charge is 2.54. The van der Waals surface area contributed by atoms with Gasteiger partial charge in [-0.2, -0.15) is 13.2 Å². The number of hydrogen-bond donors (Lipinski definition) is 0. The molecule has 0 radical (unpaired) electrons. The molecule has 0 spiro atoms. The summed E-state index contributed by atoms with van der Waals surface area (Å²) in [5.74, 6) is -4.53. The molecule has 0 bridgehead atoms. The summed E-state index contributed by atoms with van der Waals surface area (Å²) >= 11 is 0. The fourth-order valence-electron chi connectivity index (χ4n) is 0.234. The zero-order valence-electron chi connectivity index (χ0n) is 5.42. The van der Waals surface area contributed by atoms with Gasteiger partial charge in [0, 0.05) is 0 Å². The fraction of sp³-hybridized carbons (Fsp3) is 0.800. The first-order valence-corrected chi connectivity index (χ1v) is 2.46. The molecule has 0 amide bonds. The molecule has 0 aliphatic heterocycles. The molecule has 0 saturated heterocycles. The van der Waals surface area contributed by atoms with Crippen molar-refractivity contribution in [1.29, 1.82) is 0 Å². The average molecular weight is 158 g/mol. The summed E-state index contributed by atoms with van der Waals surface area (Å²) in [4.78, 5) is 9.46. The summed E-state index contributed by atoms with van der Waals surface area (Å²) < 4.78 is 47.5. The first kappa shape index (κ1) is 9.39. The van der Waals surface area contributed by atoms with E-state index in [0.29, 0.717) is 13.8 Å². The minimum atomic E-state index is -4.53. The van der Waals surface area contributed by atoms with E-state index in [-0.39, 0.29) is 0 Å². The summed E-state index contributed by atoms with van der Waals surface area (Å²) in [5, 5.41) is 0. The Hall–Kier alpha value is -0.610. The maximum absolute atomic E-state index is 12.2. The van der Waals surface area contributed by atoms with Crippen molar-refractivity contribution in [3.05, 3.63) is 0 Å². The van der Waals surface area contributed by atoms with Crippen LogP contribution in [0.1, 0.15) is 13.8 Å². The smallest absolute Gasteiger partial charge is 0.254 e. The molecule has 10 heavy (non-hydrogen) atoms. The van der Waals surface area contributed by atoms with Crippen molar-refractivity contribution in [3.8, 4) is 0 Å². The van der Waals surface area contributed by atoms with Crippen LogP contribution in [0.3, 0.4) is 0 Å². The number of carbonyl (C=O) groups excluding carboxylic acids is 1. The molecular formula is C5H6F4O. The van der Waals surface area contributed by atoms with E-state index in [2.05, 4.69) is 0 Å². The highest BCUT2D eigenvalue weighted by Crippen LogP contribution is 2.32. The van der Waals surface area contributed by atoms with Gasteiger partial charge in [0.1, 0.15) is 0 Å². The molecule has 0 aromatic heterocycles. The summed E-state index contributed by atoms with van der Waals surface area (Å²) in [6, 6.07) is -2.94. The van der Waals surface area contributed by atoms with Crippen LogP contribution in [-0.2, 0) is 4.79 Å². The first-order valence-electron chi connectivity index (χ1n) is 2.46. The third-order valence-electron chi connectivity index (χ3n) is 0.993. The van der Waals surface area contributed by atoms with Gasteiger partial charge in [-0.05, 0) is 13.8 Å². The van der Waals surface area contributed by atoms with Crippen LogP contribution in [-0.4, -0.2) is 17.6 Å². The quantitative estimate of drug-likeness (QED) is 0.442. The molecular weight excluding hydrogens is 152 g/mol. The normalized spacial score (nSPS) is 13.4. The first-order chi connectivity index (χ1) is 4.19. The Balaban J connectivity index is 4.57. The van der Waals surface area contributed by atoms with Gasteiger partial charge >= 0.3 is 12.0 Å². The average Bonchev–Trinajstić information content (AvgIpc) is 1.62. The van der Waals surface area contributed by atoms with Crippen LogP contribution in [0.5, 0.6) is 0 Å². The van der Waals surface area contributed by atoms with E-state index in [1.54, 1.807) is 0 Å². The Morgan fingerprint density at radius 2 is 1.50 bits per heavy atom. The molecule has 0 unspecified atom stereocenters.